The lowest BCUT2D eigenvalue weighted by atomic mass is 10.1. The summed E-state index contributed by atoms with van der Waals surface area (Å²) in [4.78, 5) is 11.9. The van der Waals surface area contributed by atoms with Crippen LogP contribution in [-0.2, 0) is 4.79 Å². The van der Waals surface area contributed by atoms with E-state index in [0.29, 0.717) is 12.1 Å². The van der Waals surface area contributed by atoms with E-state index in [2.05, 4.69) is 15.6 Å². The first-order valence-electron chi connectivity index (χ1n) is 6.24. The zero-order valence-corrected chi connectivity index (χ0v) is 10.8. The number of carbonyl (C=O) groups excluding carboxylic acids is 1. The third-order valence-electron chi connectivity index (χ3n) is 2.77. The van der Waals surface area contributed by atoms with Crippen molar-refractivity contribution in [1.82, 2.24) is 15.0 Å². The quantitative estimate of drug-likeness (QED) is 0.848. The molecule has 1 atom stereocenters. The summed E-state index contributed by atoms with van der Waals surface area (Å²) in [5, 5.41) is 10.5. The first-order valence-corrected chi connectivity index (χ1v) is 6.24. The molecule has 0 spiro atoms. The van der Waals surface area contributed by atoms with Crippen LogP contribution in [0.15, 0.2) is 36.7 Å². The van der Waals surface area contributed by atoms with E-state index in [-0.39, 0.29) is 5.91 Å². The molecule has 0 bridgehead atoms. The van der Waals surface area contributed by atoms with E-state index in [1.54, 1.807) is 17.1 Å². The molecular weight excluding hydrogens is 242 g/mol. The van der Waals surface area contributed by atoms with Gasteiger partial charge in [0.25, 0.3) is 0 Å². The van der Waals surface area contributed by atoms with Gasteiger partial charge in [-0.3, -0.25) is 4.79 Å². The largest absolute Gasteiger partial charge is 0.323 e. The molecule has 1 amide bonds. The van der Waals surface area contributed by atoms with Crippen LogP contribution in [0.5, 0.6) is 0 Å². The third-order valence-corrected chi connectivity index (χ3v) is 2.77. The number of para-hydroxylation sites is 2. The van der Waals surface area contributed by atoms with Gasteiger partial charge in [0.05, 0.1) is 29.8 Å². The highest BCUT2D eigenvalue weighted by Crippen LogP contribution is 2.18. The van der Waals surface area contributed by atoms with Crippen molar-refractivity contribution in [3.63, 3.8) is 0 Å². The van der Waals surface area contributed by atoms with Gasteiger partial charge in [-0.05, 0) is 18.6 Å². The Bertz CT molecular complexity index is 538. The Morgan fingerprint density at radius 1 is 1.47 bits per heavy atom. The summed E-state index contributed by atoms with van der Waals surface area (Å²) in [5.74, 6) is -0.186. The van der Waals surface area contributed by atoms with Gasteiger partial charge in [0.1, 0.15) is 0 Å². The maximum absolute atomic E-state index is 11.9. The van der Waals surface area contributed by atoms with Crippen LogP contribution in [0.2, 0.25) is 0 Å². The number of benzene rings is 1. The number of aromatic nitrogens is 3. The Hall–Kier alpha value is -2.21. The summed E-state index contributed by atoms with van der Waals surface area (Å²) in [7, 11) is 0. The summed E-state index contributed by atoms with van der Waals surface area (Å²) >= 11 is 0. The molecule has 2 rings (SSSR count). The number of nitrogens with one attached hydrogen (secondary N) is 1. The predicted molar refractivity (Wildman–Crippen MR) is 72.9 cm³/mol. The minimum Gasteiger partial charge on any atom is -0.323 e. The van der Waals surface area contributed by atoms with Crippen LogP contribution in [0, 0.1) is 0 Å². The number of rotatable bonds is 5. The highest BCUT2D eigenvalue weighted by molar-refractivity contribution is 5.96. The third kappa shape index (κ3) is 3.17. The molecule has 6 heteroatoms. The number of hydrogen-bond donors (Lipinski definition) is 2. The van der Waals surface area contributed by atoms with E-state index in [1.165, 1.54) is 0 Å². The van der Waals surface area contributed by atoms with Crippen LogP contribution in [0.25, 0.3) is 5.69 Å². The SMILES string of the molecule is CCC[C@@H](N)C(=O)Nc1ccccc1-n1ccnn1. The number of nitrogens with two attached hydrogens (primary N) is 1. The van der Waals surface area contributed by atoms with Crippen molar-refractivity contribution in [3.05, 3.63) is 36.7 Å². The fraction of sp³-hybridized carbons (Fsp3) is 0.308. The smallest absolute Gasteiger partial charge is 0.241 e. The average molecular weight is 259 g/mol. The minimum absolute atomic E-state index is 0.186. The molecule has 0 radical (unpaired) electrons. The monoisotopic (exact) mass is 259 g/mol. The summed E-state index contributed by atoms with van der Waals surface area (Å²) in [6.07, 6.45) is 4.84. The molecule has 0 fully saturated rings. The van der Waals surface area contributed by atoms with Crippen molar-refractivity contribution >= 4 is 11.6 Å². The van der Waals surface area contributed by atoms with E-state index in [9.17, 15) is 4.79 Å². The van der Waals surface area contributed by atoms with Gasteiger partial charge in [0, 0.05) is 0 Å². The number of amides is 1. The highest BCUT2D eigenvalue weighted by atomic mass is 16.2. The van der Waals surface area contributed by atoms with Crippen molar-refractivity contribution in [2.24, 2.45) is 5.73 Å². The molecule has 6 nitrogen and oxygen atoms in total. The first-order chi connectivity index (χ1) is 9.22. The molecule has 2 aromatic rings. The normalized spacial score (nSPS) is 12.1. The number of carbonyl (C=O) groups is 1. The molecule has 0 saturated carbocycles. The average Bonchev–Trinajstić information content (AvgIpc) is 2.93. The maximum Gasteiger partial charge on any atom is 0.241 e. The van der Waals surface area contributed by atoms with Crippen LogP contribution in [0.4, 0.5) is 5.69 Å². The van der Waals surface area contributed by atoms with Crippen molar-refractivity contribution in [3.8, 4) is 5.69 Å². The molecule has 0 unspecified atom stereocenters. The number of anilines is 1. The molecule has 0 aliphatic carbocycles. The van der Waals surface area contributed by atoms with Crippen LogP contribution in [0.1, 0.15) is 19.8 Å². The second kappa shape index (κ2) is 6.10. The van der Waals surface area contributed by atoms with Gasteiger partial charge >= 0.3 is 0 Å². The molecule has 0 aliphatic heterocycles. The zero-order chi connectivity index (χ0) is 13.7. The second-order valence-corrected chi connectivity index (χ2v) is 4.25. The minimum atomic E-state index is -0.492. The zero-order valence-electron chi connectivity index (χ0n) is 10.8. The Labute approximate surface area is 111 Å². The van der Waals surface area contributed by atoms with Gasteiger partial charge in [-0.25, -0.2) is 4.68 Å². The first kappa shape index (κ1) is 13.2. The number of hydrogen-bond acceptors (Lipinski definition) is 4. The Morgan fingerprint density at radius 2 is 2.26 bits per heavy atom. The summed E-state index contributed by atoms with van der Waals surface area (Å²) in [6, 6.07) is 6.90. The second-order valence-electron chi connectivity index (χ2n) is 4.25. The Morgan fingerprint density at radius 3 is 2.95 bits per heavy atom. The fourth-order valence-electron chi connectivity index (χ4n) is 1.78. The highest BCUT2D eigenvalue weighted by Gasteiger charge is 2.14. The lowest BCUT2D eigenvalue weighted by Crippen LogP contribution is -2.35. The molecule has 1 aromatic heterocycles. The van der Waals surface area contributed by atoms with Gasteiger partial charge in [-0.15, -0.1) is 5.10 Å². The van der Waals surface area contributed by atoms with E-state index in [4.69, 9.17) is 5.73 Å². The van der Waals surface area contributed by atoms with Gasteiger partial charge in [0.2, 0.25) is 5.91 Å². The molecule has 19 heavy (non-hydrogen) atoms. The van der Waals surface area contributed by atoms with Crippen molar-refractivity contribution < 1.29 is 4.79 Å². The van der Waals surface area contributed by atoms with E-state index < -0.39 is 6.04 Å². The van der Waals surface area contributed by atoms with Crippen LogP contribution < -0.4 is 11.1 Å². The lowest BCUT2D eigenvalue weighted by Gasteiger charge is -2.14. The van der Waals surface area contributed by atoms with Crippen molar-refractivity contribution in [2.45, 2.75) is 25.8 Å². The molecule has 3 N–H and O–H groups in total. The van der Waals surface area contributed by atoms with Crippen LogP contribution >= 0.6 is 0 Å². The Balaban J connectivity index is 2.19. The van der Waals surface area contributed by atoms with Gasteiger partial charge in [0.15, 0.2) is 0 Å². The summed E-state index contributed by atoms with van der Waals surface area (Å²) in [5.41, 5.74) is 7.23. The molecule has 0 aliphatic rings. The number of nitrogens with zero attached hydrogens (tertiary/aromatic N) is 3. The van der Waals surface area contributed by atoms with E-state index >= 15 is 0 Å². The van der Waals surface area contributed by atoms with E-state index in [0.717, 1.165) is 12.1 Å². The standard InChI is InChI=1S/C13H17N5O/c1-2-5-10(14)13(19)16-11-6-3-4-7-12(11)18-9-8-15-17-18/h3-4,6-10H,2,5,14H2,1H3,(H,16,19)/t10-/m1/s1. The topological polar surface area (TPSA) is 85.8 Å². The summed E-state index contributed by atoms with van der Waals surface area (Å²) < 4.78 is 1.60. The van der Waals surface area contributed by atoms with Crippen molar-refractivity contribution in [2.75, 3.05) is 5.32 Å². The molecular formula is C13H17N5O. The molecule has 0 saturated heterocycles. The van der Waals surface area contributed by atoms with E-state index in [1.807, 2.05) is 31.2 Å². The summed E-state index contributed by atoms with van der Waals surface area (Å²) in [6.45, 7) is 2.00. The maximum atomic E-state index is 11.9. The molecule has 1 aromatic carbocycles. The Kier molecular flexibility index (Phi) is 4.25. The van der Waals surface area contributed by atoms with Gasteiger partial charge in [-0.1, -0.05) is 30.7 Å². The van der Waals surface area contributed by atoms with Crippen LogP contribution in [0.3, 0.4) is 0 Å². The van der Waals surface area contributed by atoms with Gasteiger partial charge < -0.3 is 11.1 Å². The fourth-order valence-corrected chi connectivity index (χ4v) is 1.78. The lowest BCUT2D eigenvalue weighted by molar-refractivity contribution is -0.117. The predicted octanol–water partition coefficient (Wildman–Crippen LogP) is 1.33. The van der Waals surface area contributed by atoms with Crippen molar-refractivity contribution in [1.29, 1.82) is 0 Å². The molecule has 100 valence electrons. The van der Waals surface area contributed by atoms with Gasteiger partial charge in [-0.2, -0.15) is 0 Å². The van der Waals surface area contributed by atoms with Crippen LogP contribution in [-0.4, -0.2) is 26.9 Å². The molecule has 1 heterocycles.